The van der Waals surface area contributed by atoms with Gasteiger partial charge in [-0.15, -0.1) is 0 Å². The predicted octanol–water partition coefficient (Wildman–Crippen LogP) is 3.39. The lowest BCUT2D eigenvalue weighted by Gasteiger charge is -2.15. The molecule has 0 aromatic rings. The molecular weight excluding hydrogens is 334 g/mol. The van der Waals surface area contributed by atoms with Gasteiger partial charge in [-0.3, -0.25) is 0 Å². The zero-order chi connectivity index (χ0) is 18.8. The van der Waals surface area contributed by atoms with Crippen molar-refractivity contribution >= 4 is 26.8 Å². The zero-order valence-electron chi connectivity index (χ0n) is 16.8. The number of methoxy groups -OCH3 is 2. The molecule has 0 bridgehead atoms. The van der Waals surface area contributed by atoms with Gasteiger partial charge in [0.1, 0.15) is 13.6 Å². The molecule has 3 unspecified atom stereocenters. The van der Waals surface area contributed by atoms with Crippen molar-refractivity contribution in [2.75, 3.05) is 14.2 Å². The fraction of sp³-hybridized carbons (Fsp3) is 1.00. The lowest BCUT2D eigenvalue weighted by Crippen LogP contribution is -2.20. The molecule has 0 aromatic heterocycles. The van der Waals surface area contributed by atoms with Gasteiger partial charge in [-0.25, -0.2) is 0 Å². The van der Waals surface area contributed by atoms with Crippen LogP contribution in [0.3, 0.4) is 0 Å². The van der Waals surface area contributed by atoms with Crippen molar-refractivity contribution in [1.82, 2.24) is 0 Å². The van der Waals surface area contributed by atoms with Crippen molar-refractivity contribution in [3.63, 3.8) is 0 Å². The molecule has 2 aliphatic rings. The molecule has 2 saturated heterocycles. The molecule has 8 heteroatoms. The minimum absolute atomic E-state index is 0.0275. The maximum atomic E-state index is 7.39. The summed E-state index contributed by atoms with van der Waals surface area (Å²) in [5.41, 5.74) is 0. The molecule has 1 radical (unpaired) electrons. The summed E-state index contributed by atoms with van der Waals surface area (Å²) >= 11 is 1.06. The zero-order valence-corrected chi connectivity index (χ0v) is 16.5. The summed E-state index contributed by atoms with van der Waals surface area (Å²) in [5.74, 6) is 0.662. The molecule has 23 heavy (non-hydrogen) atoms. The first-order valence-corrected chi connectivity index (χ1v) is 10.5. The van der Waals surface area contributed by atoms with Crippen LogP contribution in [0.15, 0.2) is 0 Å². The molecule has 0 N–H and O–H groups in total. The topological polar surface area (TPSA) is 46.2 Å². The molecule has 2 aliphatic heterocycles. The summed E-state index contributed by atoms with van der Waals surface area (Å²) in [4.78, 5) is 0. The smallest absolute Gasteiger partial charge is 0.160 e. The molecule has 0 saturated carbocycles. The summed E-state index contributed by atoms with van der Waals surface area (Å²) in [6, 6.07) is 0. The maximum Gasteiger partial charge on any atom is 0.160 e. The van der Waals surface area contributed by atoms with E-state index in [-0.39, 0.29) is 24.8 Å². The Kier molecular flexibility index (Phi) is 9.68. The highest BCUT2D eigenvalue weighted by molar-refractivity contribution is 8.53. The van der Waals surface area contributed by atoms with Crippen LogP contribution in [0.25, 0.3) is 0 Å². The van der Waals surface area contributed by atoms with Gasteiger partial charge in [-0.1, -0.05) is 28.4 Å². The highest BCUT2D eigenvalue weighted by atomic mass is 32.7. The van der Waals surface area contributed by atoms with Crippen LogP contribution in [-0.2, 0) is 23.1 Å². The molecule has 2 fully saturated rings. The van der Waals surface area contributed by atoms with E-state index in [1.54, 1.807) is 14.2 Å². The van der Waals surface area contributed by atoms with Gasteiger partial charge in [0.2, 0.25) is 0 Å². The third kappa shape index (κ3) is 7.19. The monoisotopic (exact) mass is 368 g/mol. The van der Waals surface area contributed by atoms with E-state index in [0.29, 0.717) is 18.4 Å². The second-order valence-electron chi connectivity index (χ2n) is 5.76. The van der Waals surface area contributed by atoms with E-state index in [2.05, 4.69) is 13.8 Å². The van der Waals surface area contributed by atoms with Crippen molar-refractivity contribution in [2.24, 2.45) is 5.92 Å². The Morgan fingerprint density at radius 3 is 2.30 bits per heavy atom. The SMILES string of the molecule is CC[C@H]1OC(OC)C[C@@H]1C.[2H]P([B][3H])SO[C@H]1CC(OC)O[C@@H]1CC. The Morgan fingerprint density at radius 1 is 1.22 bits per heavy atom. The molecule has 0 amide bonds. The fourth-order valence-electron chi connectivity index (χ4n) is 2.86. The van der Waals surface area contributed by atoms with Crippen LogP contribution in [0.2, 0.25) is 0 Å². The van der Waals surface area contributed by atoms with E-state index in [4.69, 9.17) is 25.7 Å². The van der Waals surface area contributed by atoms with E-state index in [1.807, 2.05) is 6.92 Å². The van der Waals surface area contributed by atoms with Gasteiger partial charge in [0.25, 0.3) is 0 Å². The minimum atomic E-state index is -1.25. The van der Waals surface area contributed by atoms with Crippen molar-refractivity contribution < 1.29 is 23.1 Å². The Bertz CT molecular complexity index is 364. The number of ether oxygens (including phenoxy) is 4. The third-order valence-corrected chi connectivity index (χ3v) is 5.17. The first-order chi connectivity index (χ1) is 12.0. The normalized spacial score (nSPS) is 39.2. The first kappa shape index (κ1) is 18.4. The van der Waals surface area contributed by atoms with E-state index < -0.39 is 7.61 Å². The molecule has 0 aliphatic carbocycles. The largest absolute Gasteiger partial charge is 0.356 e. The second kappa shape index (κ2) is 12.1. The third-order valence-electron chi connectivity index (χ3n) is 4.23. The Hall–Kier alpha value is 0.645. The summed E-state index contributed by atoms with van der Waals surface area (Å²) in [7, 11) is 3.17. The van der Waals surface area contributed by atoms with Crippen molar-refractivity contribution in [2.45, 2.75) is 77.3 Å². The van der Waals surface area contributed by atoms with E-state index >= 15 is 0 Å². The van der Waals surface area contributed by atoms with Crippen LogP contribution in [0.5, 0.6) is 0 Å². The van der Waals surface area contributed by atoms with E-state index in [9.17, 15) is 0 Å². The highest BCUT2D eigenvalue weighted by Crippen LogP contribution is 2.34. The van der Waals surface area contributed by atoms with Gasteiger partial charge in [0.05, 0.1) is 13.5 Å². The van der Waals surface area contributed by atoms with Crippen LogP contribution in [0.4, 0.5) is 0 Å². The standard InChI is InChI=1S/C8H16O2.C7H15BO3PS/c1-4-7-6(2)5-8(9-3)10-7;1-3-5-6(11-13-12-8)4-7(9-2)10-5/h6-8H,4-5H2,1-3H3;5-8,12H,3-4H2,1-2H3/t6-,7+,8?;5-,6+,7?,12?/m01/s1/i;8T,12D. The van der Waals surface area contributed by atoms with E-state index in [0.717, 1.165) is 38.5 Å². The summed E-state index contributed by atoms with van der Waals surface area (Å²) in [6.07, 6.45) is 4.00. The molecule has 135 valence electrons. The molecule has 5 nitrogen and oxygen atoms in total. The number of hydrogen-bond donors (Lipinski definition) is 0. The lowest BCUT2D eigenvalue weighted by molar-refractivity contribution is -0.117. The molecule has 0 aromatic carbocycles. The van der Waals surface area contributed by atoms with Crippen LogP contribution in [0, 0.1) is 5.92 Å². The summed E-state index contributed by atoms with van der Waals surface area (Å²) < 4.78 is 41.1. The lowest BCUT2D eigenvalue weighted by atomic mass is 10.0. The molecule has 2 rings (SSSR count). The Morgan fingerprint density at radius 2 is 1.83 bits per heavy atom. The van der Waals surface area contributed by atoms with Gasteiger partial charge in [-0.2, -0.15) is 0 Å². The van der Waals surface area contributed by atoms with Crippen molar-refractivity contribution in [1.29, 1.82) is 2.61 Å². The highest BCUT2D eigenvalue weighted by Gasteiger charge is 2.35. The second-order valence-corrected chi connectivity index (χ2v) is 7.39. The van der Waals surface area contributed by atoms with Gasteiger partial charge >= 0.3 is 0 Å². The average molecular weight is 368 g/mol. The van der Waals surface area contributed by atoms with Crippen LogP contribution >= 0.6 is 19.3 Å². The molecule has 7 atom stereocenters. The van der Waals surface area contributed by atoms with Gasteiger partial charge < -0.3 is 23.1 Å². The molecule has 0 spiro atoms. The summed E-state index contributed by atoms with van der Waals surface area (Å²) in [6.45, 7) is 6.40. The average Bonchev–Trinajstić information content (AvgIpc) is 3.22. The van der Waals surface area contributed by atoms with Gasteiger partial charge in [-0.05, 0) is 20.1 Å². The van der Waals surface area contributed by atoms with Gasteiger partial charge in [0.15, 0.2) is 12.6 Å². The summed E-state index contributed by atoms with van der Waals surface area (Å²) in [5, 5.41) is 0. The van der Waals surface area contributed by atoms with Crippen LogP contribution < -0.4 is 0 Å². The van der Waals surface area contributed by atoms with Crippen molar-refractivity contribution in [3.05, 3.63) is 0 Å². The fourth-order valence-corrected chi connectivity index (χ4v) is 3.71. The first-order valence-electron chi connectivity index (χ1n) is 9.21. The Labute approximate surface area is 150 Å². The quantitative estimate of drug-likeness (QED) is 0.372. The van der Waals surface area contributed by atoms with E-state index in [1.165, 1.54) is 0 Å². The van der Waals surface area contributed by atoms with Gasteiger partial charge in [0, 0.05) is 38.7 Å². The maximum absolute atomic E-state index is 7.39. The van der Waals surface area contributed by atoms with Crippen LogP contribution in [-0.4, -0.2) is 55.3 Å². The number of rotatable bonds is 8. The number of hydrogen-bond acceptors (Lipinski definition) is 6. The molecular formula is C15H31BO5PS. The van der Waals surface area contributed by atoms with Crippen molar-refractivity contribution in [3.8, 4) is 0 Å². The van der Waals surface area contributed by atoms with Crippen LogP contribution in [0.1, 0.15) is 46.5 Å². The Balaban J connectivity index is 0.000000271. The minimum Gasteiger partial charge on any atom is -0.356 e. The molecule has 2 heterocycles. The predicted molar refractivity (Wildman–Crippen MR) is 98.2 cm³/mol.